The van der Waals surface area contributed by atoms with Crippen LogP contribution in [0.5, 0.6) is 0 Å². The predicted molar refractivity (Wildman–Crippen MR) is 68.3 cm³/mol. The van der Waals surface area contributed by atoms with E-state index in [4.69, 9.17) is 11.6 Å². The summed E-state index contributed by atoms with van der Waals surface area (Å²) < 4.78 is 0. The van der Waals surface area contributed by atoms with Crippen LogP contribution in [0.1, 0.15) is 29.9 Å². The average Bonchev–Trinajstić information content (AvgIpc) is 3.08. The number of rotatable bonds is 1. The second-order valence-electron chi connectivity index (χ2n) is 4.75. The zero-order chi connectivity index (χ0) is 12.9. The van der Waals surface area contributed by atoms with Crippen LogP contribution in [-0.4, -0.2) is 15.0 Å². The topological polar surface area (TPSA) is 62.5 Å². The van der Waals surface area contributed by atoms with Crippen LogP contribution in [0.4, 0.5) is 0 Å². The number of nitrogens with zero attached hydrogens (tertiary/aromatic N) is 4. The lowest BCUT2D eigenvalue weighted by atomic mass is 9.98. The molecule has 0 amide bonds. The molecular formula is C13H11ClN4. The van der Waals surface area contributed by atoms with Crippen molar-refractivity contribution < 1.29 is 0 Å². The largest absolute Gasteiger partial charge is 0.238 e. The number of aromatic nitrogens is 3. The Morgan fingerprint density at radius 3 is 2.61 bits per heavy atom. The van der Waals surface area contributed by atoms with Gasteiger partial charge in [0.1, 0.15) is 11.0 Å². The quantitative estimate of drug-likeness (QED) is 0.738. The highest BCUT2D eigenvalue weighted by Gasteiger charge is 2.47. The second-order valence-corrected chi connectivity index (χ2v) is 5.11. The second kappa shape index (κ2) is 3.63. The van der Waals surface area contributed by atoms with Crippen LogP contribution in [0.15, 0.2) is 6.07 Å². The molecule has 0 spiro atoms. The van der Waals surface area contributed by atoms with Crippen molar-refractivity contribution in [1.82, 2.24) is 15.0 Å². The van der Waals surface area contributed by atoms with E-state index in [0.29, 0.717) is 16.6 Å². The third kappa shape index (κ3) is 1.55. The van der Waals surface area contributed by atoms with Crippen molar-refractivity contribution in [2.75, 3.05) is 0 Å². The van der Waals surface area contributed by atoms with Gasteiger partial charge in [-0.05, 0) is 32.8 Å². The number of aryl methyl sites for hydroxylation is 2. The van der Waals surface area contributed by atoms with Crippen molar-refractivity contribution in [3.63, 3.8) is 0 Å². The predicted octanol–water partition coefficient (Wildman–Crippen LogP) is 2.85. The number of fused-ring (bicyclic) bond motifs is 1. The van der Waals surface area contributed by atoms with Gasteiger partial charge in [-0.15, -0.1) is 0 Å². The molecule has 1 saturated carbocycles. The van der Waals surface area contributed by atoms with E-state index in [0.717, 1.165) is 29.5 Å². The zero-order valence-electron chi connectivity index (χ0n) is 10.2. The molecule has 0 N–H and O–H groups in total. The van der Waals surface area contributed by atoms with Crippen molar-refractivity contribution in [3.05, 3.63) is 28.3 Å². The van der Waals surface area contributed by atoms with Crippen LogP contribution in [-0.2, 0) is 5.41 Å². The molecule has 2 heterocycles. The Kier molecular flexibility index (Phi) is 2.29. The first-order valence-electron chi connectivity index (χ1n) is 5.79. The lowest BCUT2D eigenvalue weighted by Crippen LogP contribution is -2.06. The number of hydrogen-bond acceptors (Lipinski definition) is 4. The minimum absolute atomic E-state index is 0.388. The Labute approximate surface area is 110 Å². The highest BCUT2D eigenvalue weighted by atomic mass is 35.5. The molecular weight excluding hydrogens is 248 g/mol. The van der Waals surface area contributed by atoms with E-state index in [9.17, 15) is 5.26 Å². The summed E-state index contributed by atoms with van der Waals surface area (Å²) in [5.41, 5.74) is 1.85. The van der Waals surface area contributed by atoms with Gasteiger partial charge in [-0.25, -0.2) is 15.0 Å². The van der Waals surface area contributed by atoms with Crippen molar-refractivity contribution in [2.45, 2.75) is 32.1 Å². The minimum atomic E-state index is -0.435. The zero-order valence-corrected chi connectivity index (χ0v) is 10.9. The van der Waals surface area contributed by atoms with E-state index >= 15 is 0 Å². The fraction of sp³-hybridized carbons (Fsp3) is 0.385. The number of nitriles is 1. The van der Waals surface area contributed by atoms with Crippen LogP contribution < -0.4 is 0 Å². The molecule has 2 aromatic rings. The van der Waals surface area contributed by atoms with Crippen LogP contribution in [0.3, 0.4) is 0 Å². The van der Waals surface area contributed by atoms with Gasteiger partial charge in [0.05, 0.1) is 17.2 Å². The first-order chi connectivity index (χ1) is 8.55. The van der Waals surface area contributed by atoms with Crippen LogP contribution in [0, 0.1) is 25.2 Å². The molecule has 0 saturated heterocycles. The van der Waals surface area contributed by atoms with Gasteiger partial charge >= 0.3 is 0 Å². The van der Waals surface area contributed by atoms with Crippen molar-refractivity contribution in [2.24, 2.45) is 0 Å². The SMILES string of the molecule is Cc1nc(C)c2cc(C3(C#N)CC3)c(Cl)nc2n1. The standard InChI is InChI=1S/C13H11ClN4/c1-7-9-5-10(13(6-15)3-4-13)11(14)18-12(9)17-8(2)16-7/h5H,3-4H2,1-2H3. The van der Waals surface area contributed by atoms with E-state index in [1.807, 2.05) is 19.9 Å². The van der Waals surface area contributed by atoms with E-state index in [2.05, 4.69) is 21.0 Å². The molecule has 0 aromatic carbocycles. The molecule has 1 fully saturated rings. The molecule has 18 heavy (non-hydrogen) atoms. The third-order valence-corrected chi connectivity index (χ3v) is 3.71. The van der Waals surface area contributed by atoms with E-state index < -0.39 is 5.41 Å². The summed E-state index contributed by atoms with van der Waals surface area (Å²) in [5.74, 6) is 0.678. The molecule has 5 heteroatoms. The molecule has 4 nitrogen and oxygen atoms in total. The fourth-order valence-corrected chi connectivity index (χ4v) is 2.53. The Hall–Kier alpha value is -1.73. The van der Waals surface area contributed by atoms with Crippen molar-refractivity contribution in [1.29, 1.82) is 5.26 Å². The first-order valence-corrected chi connectivity index (χ1v) is 6.17. The van der Waals surface area contributed by atoms with Gasteiger partial charge in [0.15, 0.2) is 5.65 Å². The van der Waals surface area contributed by atoms with E-state index in [-0.39, 0.29) is 0 Å². The molecule has 3 rings (SSSR count). The maximum atomic E-state index is 9.25. The molecule has 0 bridgehead atoms. The summed E-state index contributed by atoms with van der Waals surface area (Å²) in [5, 5.41) is 10.5. The fourth-order valence-electron chi connectivity index (χ4n) is 2.22. The molecule has 2 aromatic heterocycles. The lowest BCUT2D eigenvalue weighted by molar-refractivity contribution is 0.898. The molecule has 0 aliphatic heterocycles. The monoisotopic (exact) mass is 258 g/mol. The first kappa shape index (κ1) is 11.4. The number of hydrogen-bond donors (Lipinski definition) is 0. The molecule has 0 unspecified atom stereocenters. The minimum Gasteiger partial charge on any atom is -0.238 e. The number of halogens is 1. The van der Waals surface area contributed by atoms with Crippen molar-refractivity contribution in [3.8, 4) is 6.07 Å². The van der Waals surface area contributed by atoms with Gasteiger partial charge in [-0.2, -0.15) is 5.26 Å². The Morgan fingerprint density at radius 1 is 1.28 bits per heavy atom. The van der Waals surface area contributed by atoms with E-state index in [1.165, 1.54) is 0 Å². The molecule has 1 aliphatic carbocycles. The normalized spacial score (nSPS) is 16.6. The van der Waals surface area contributed by atoms with Crippen LogP contribution >= 0.6 is 11.6 Å². The number of pyridine rings is 1. The lowest BCUT2D eigenvalue weighted by Gasteiger charge is -2.10. The third-order valence-electron chi connectivity index (χ3n) is 3.42. The Bertz CT molecular complexity index is 698. The van der Waals surface area contributed by atoms with E-state index in [1.54, 1.807) is 0 Å². The summed E-state index contributed by atoms with van der Waals surface area (Å²) in [4.78, 5) is 12.9. The maximum Gasteiger partial charge on any atom is 0.164 e. The summed E-state index contributed by atoms with van der Waals surface area (Å²) >= 11 is 6.19. The Morgan fingerprint density at radius 2 is 2.00 bits per heavy atom. The highest BCUT2D eigenvalue weighted by Crippen LogP contribution is 2.50. The van der Waals surface area contributed by atoms with Gasteiger partial charge in [-0.3, -0.25) is 0 Å². The molecule has 0 atom stereocenters. The van der Waals surface area contributed by atoms with Gasteiger partial charge in [-0.1, -0.05) is 11.6 Å². The maximum absolute atomic E-state index is 9.25. The van der Waals surface area contributed by atoms with Gasteiger partial charge in [0.2, 0.25) is 0 Å². The summed E-state index contributed by atoms with van der Waals surface area (Å²) in [6.07, 6.45) is 1.70. The van der Waals surface area contributed by atoms with Gasteiger partial charge in [0, 0.05) is 10.9 Å². The summed E-state index contributed by atoms with van der Waals surface area (Å²) in [7, 11) is 0. The molecule has 1 aliphatic rings. The Balaban J connectivity index is 2.31. The van der Waals surface area contributed by atoms with Gasteiger partial charge in [0.25, 0.3) is 0 Å². The van der Waals surface area contributed by atoms with Crippen LogP contribution in [0.2, 0.25) is 5.15 Å². The van der Waals surface area contributed by atoms with Crippen LogP contribution in [0.25, 0.3) is 11.0 Å². The average molecular weight is 259 g/mol. The van der Waals surface area contributed by atoms with Crippen molar-refractivity contribution >= 4 is 22.6 Å². The van der Waals surface area contributed by atoms with Gasteiger partial charge < -0.3 is 0 Å². The molecule has 0 radical (unpaired) electrons. The molecule has 90 valence electrons. The summed E-state index contributed by atoms with van der Waals surface area (Å²) in [6, 6.07) is 4.27. The smallest absolute Gasteiger partial charge is 0.164 e. The summed E-state index contributed by atoms with van der Waals surface area (Å²) in [6.45, 7) is 3.75. The highest BCUT2D eigenvalue weighted by molar-refractivity contribution is 6.30.